The Morgan fingerprint density at radius 3 is 2.57 bits per heavy atom. The maximum Gasteiger partial charge on any atom is 0.295 e. The topological polar surface area (TPSA) is 54.4 Å². The second-order valence-electron chi connectivity index (χ2n) is 0.970. The van der Waals surface area contributed by atoms with Crippen molar-refractivity contribution in [1.29, 1.82) is 0 Å². The summed E-state index contributed by atoms with van der Waals surface area (Å²) < 4.78 is 0. The van der Waals surface area contributed by atoms with Gasteiger partial charge in [0.1, 0.15) is 0 Å². The van der Waals surface area contributed by atoms with Crippen LogP contribution in [-0.4, -0.2) is 24.5 Å². The summed E-state index contributed by atoms with van der Waals surface area (Å²) in [6.45, 7) is 0. The summed E-state index contributed by atoms with van der Waals surface area (Å²) in [5.74, 6) is -0.980. The molecule has 0 aromatic rings. The van der Waals surface area contributed by atoms with E-state index in [1.165, 1.54) is 0 Å². The maximum atomic E-state index is 9.57. The van der Waals surface area contributed by atoms with E-state index in [0.717, 1.165) is 7.28 Å². The van der Waals surface area contributed by atoms with Gasteiger partial charge in [0.15, 0.2) is 0 Å². The summed E-state index contributed by atoms with van der Waals surface area (Å²) in [5.41, 5.74) is 0. The lowest BCUT2D eigenvalue weighted by molar-refractivity contribution is -0.134. The lowest BCUT2D eigenvalue weighted by atomic mass is 9.77. The second-order valence-corrected chi connectivity index (χ2v) is 0.970. The minimum atomic E-state index is -0.980. The summed E-state index contributed by atoms with van der Waals surface area (Å²) >= 11 is 0. The summed E-state index contributed by atoms with van der Waals surface area (Å²) in [4.78, 5) is 19.0. The van der Waals surface area contributed by atoms with Crippen LogP contribution in [0.5, 0.6) is 0 Å². The van der Waals surface area contributed by atoms with Gasteiger partial charge in [-0.15, -0.1) is 0 Å². The third kappa shape index (κ3) is 5.20. The Bertz CT molecular complexity index is 80.2. The third-order valence-electron chi connectivity index (χ3n) is 0.389. The molecular weight excluding hydrogens is 94.8 g/mol. The predicted molar refractivity (Wildman–Crippen MR) is 24.9 cm³/mol. The van der Waals surface area contributed by atoms with Crippen LogP contribution >= 0.6 is 0 Å². The predicted octanol–water partition coefficient (Wildman–Crippen LogP) is -0.616. The molecule has 0 rings (SSSR count). The molecule has 0 amide bonds. The zero-order chi connectivity index (χ0) is 5.70. The van der Waals surface area contributed by atoms with Gasteiger partial charge in [-0.3, -0.25) is 4.79 Å². The molecule has 4 heteroatoms. The van der Waals surface area contributed by atoms with Crippen molar-refractivity contribution in [1.82, 2.24) is 0 Å². The van der Waals surface area contributed by atoms with Crippen molar-refractivity contribution < 1.29 is 14.7 Å². The van der Waals surface area contributed by atoms with Crippen molar-refractivity contribution in [2.24, 2.45) is 0 Å². The molecule has 0 heterocycles. The van der Waals surface area contributed by atoms with Gasteiger partial charge in [0.2, 0.25) is 7.28 Å². The highest BCUT2D eigenvalue weighted by molar-refractivity contribution is 6.69. The minimum Gasteiger partial charge on any atom is -0.482 e. The first-order valence-electron chi connectivity index (χ1n) is 1.76. The van der Waals surface area contributed by atoms with Crippen molar-refractivity contribution in [3.05, 3.63) is 0 Å². The standard InChI is InChI=1S/C3H4BO3/c5-2-4-1-3(6)7/h2H,1H2,(H,6,7). The fourth-order valence-corrected chi connectivity index (χ4v) is 0.149. The highest BCUT2D eigenvalue weighted by Crippen LogP contribution is 1.71. The third-order valence-corrected chi connectivity index (χ3v) is 0.389. The van der Waals surface area contributed by atoms with Crippen LogP contribution in [0.3, 0.4) is 0 Å². The number of aliphatic carboxylic acids is 1. The number of carbonyl (C=O) groups excluding carboxylic acids is 1. The van der Waals surface area contributed by atoms with Crippen LogP contribution in [0.25, 0.3) is 0 Å². The number of carboxylic acids is 1. The Morgan fingerprint density at radius 1 is 1.86 bits per heavy atom. The van der Waals surface area contributed by atoms with Crippen LogP contribution < -0.4 is 0 Å². The largest absolute Gasteiger partial charge is 0.482 e. The molecule has 0 aliphatic rings. The van der Waals surface area contributed by atoms with Gasteiger partial charge in [-0.25, -0.2) is 0 Å². The van der Waals surface area contributed by atoms with Gasteiger partial charge in [0, 0.05) is 6.32 Å². The number of rotatable bonds is 3. The summed E-state index contributed by atoms with van der Waals surface area (Å²) in [6, 6.07) is 0. The molecule has 3 nitrogen and oxygen atoms in total. The molecule has 0 aliphatic heterocycles. The van der Waals surface area contributed by atoms with Crippen LogP contribution in [0, 0.1) is 0 Å². The lowest BCUT2D eigenvalue weighted by Gasteiger charge is -1.77. The fourth-order valence-electron chi connectivity index (χ4n) is 0.149. The molecule has 37 valence electrons. The van der Waals surface area contributed by atoms with Crippen molar-refractivity contribution in [2.75, 3.05) is 0 Å². The van der Waals surface area contributed by atoms with Gasteiger partial charge in [-0.05, 0) is 0 Å². The first-order chi connectivity index (χ1) is 3.27. The van der Waals surface area contributed by atoms with E-state index in [4.69, 9.17) is 5.11 Å². The van der Waals surface area contributed by atoms with Crippen molar-refractivity contribution in [3.63, 3.8) is 0 Å². The maximum absolute atomic E-state index is 9.57. The second kappa shape index (κ2) is 3.40. The SMILES string of the molecule is O=C[B]CC(=O)O. The van der Waals surface area contributed by atoms with Gasteiger partial charge >= 0.3 is 0 Å². The summed E-state index contributed by atoms with van der Waals surface area (Å²) in [6.07, 6.45) is 0.289. The van der Waals surface area contributed by atoms with E-state index in [9.17, 15) is 9.59 Å². The zero-order valence-electron chi connectivity index (χ0n) is 3.63. The van der Waals surface area contributed by atoms with Gasteiger partial charge in [0.05, 0.1) is 6.19 Å². The smallest absolute Gasteiger partial charge is 0.295 e. The molecule has 0 bridgehead atoms. The molecular formula is C3H4BO3. The van der Waals surface area contributed by atoms with Crippen LogP contribution in [0.2, 0.25) is 6.32 Å². The summed E-state index contributed by atoms with van der Waals surface area (Å²) in [5, 5.41) is 7.85. The Labute approximate surface area is 41.6 Å². The number of carboxylic acid groups (broad SMARTS) is 1. The summed E-state index contributed by atoms with van der Waals surface area (Å²) in [7, 11) is 1.04. The Hall–Kier alpha value is -0.795. The number of hydrogen-bond acceptors (Lipinski definition) is 2. The first-order valence-corrected chi connectivity index (χ1v) is 1.76. The van der Waals surface area contributed by atoms with E-state index in [2.05, 4.69) is 0 Å². The Balaban J connectivity index is 2.97. The van der Waals surface area contributed by atoms with Gasteiger partial charge in [-0.2, -0.15) is 0 Å². The van der Waals surface area contributed by atoms with Crippen molar-refractivity contribution in [3.8, 4) is 0 Å². The first kappa shape index (κ1) is 6.20. The van der Waals surface area contributed by atoms with E-state index < -0.39 is 5.97 Å². The van der Waals surface area contributed by atoms with Gasteiger partial charge in [0.25, 0.3) is 5.97 Å². The zero-order valence-corrected chi connectivity index (χ0v) is 3.63. The average molecular weight is 98.9 g/mol. The van der Waals surface area contributed by atoms with Crippen molar-refractivity contribution >= 4 is 19.4 Å². The Kier molecular flexibility index (Phi) is 3.01. The molecule has 0 atom stereocenters. The normalized spacial score (nSPS) is 7.43. The number of hydrogen-bond donors (Lipinski definition) is 1. The molecule has 0 aromatic heterocycles. The van der Waals surface area contributed by atoms with Crippen LogP contribution in [0.4, 0.5) is 0 Å². The monoisotopic (exact) mass is 99.0 g/mol. The molecule has 1 N–H and O–H groups in total. The lowest BCUT2D eigenvalue weighted by Crippen LogP contribution is -2.00. The average Bonchev–Trinajstić information content (AvgIpc) is 1.61. The minimum absolute atomic E-state index is 0.177. The van der Waals surface area contributed by atoms with Crippen LogP contribution in [-0.2, 0) is 9.59 Å². The van der Waals surface area contributed by atoms with Crippen LogP contribution in [0.1, 0.15) is 0 Å². The molecule has 0 aliphatic carbocycles. The van der Waals surface area contributed by atoms with E-state index in [0.29, 0.717) is 6.19 Å². The van der Waals surface area contributed by atoms with Crippen LogP contribution in [0.15, 0.2) is 0 Å². The quantitative estimate of drug-likeness (QED) is 0.379. The molecule has 0 saturated carbocycles. The molecule has 0 aromatic carbocycles. The molecule has 0 unspecified atom stereocenters. The highest BCUT2D eigenvalue weighted by Gasteiger charge is 1.93. The Morgan fingerprint density at radius 2 is 2.43 bits per heavy atom. The van der Waals surface area contributed by atoms with E-state index in [1.807, 2.05) is 0 Å². The van der Waals surface area contributed by atoms with E-state index in [1.54, 1.807) is 0 Å². The molecule has 0 fully saturated rings. The molecule has 0 spiro atoms. The van der Waals surface area contributed by atoms with E-state index in [-0.39, 0.29) is 6.32 Å². The van der Waals surface area contributed by atoms with Gasteiger partial charge < -0.3 is 9.90 Å². The highest BCUT2D eigenvalue weighted by atomic mass is 16.4. The number of carbonyl (C=O) groups is 2. The molecule has 1 radical (unpaired) electrons. The molecule has 0 saturated heterocycles. The molecule has 7 heavy (non-hydrogen) atoms. The fraction of sp³-hybridized carbons (Fsp3) is 0.333. The van der Waals surface area contributed by atoms with Crippen molar-refractivity contribution in [2.45, 2.75) is 6.32 Å². The van der Waals surface area contributed by atoms with Gasteiger partial charge in [-0.1, -0.05) is 0 Å². The van der Waals surface area contributed by atoms with E-state index >= 15 is 0 Å².